The molecule has 0 N–H and O–H groups in total. The number of rotatable bonds is 7. The Morgan fingerprint density at radius 1 is 0.509 bits per heavy atom. The van der Waals surface area contributed by atoms with Gasteiger partial charge in [-0.15, -0.1) is 16.4 Å². The fraction of sp³-hybridized carbons (Fsp3) is 0.0638. The van der Waals surface area contributed by atoms with E-state index in [1.165, 1.54) is 0 Å². The third-order valence-electron chi connectivity index (χ3n) is 9.60. The van der Waals surface area contributed by atoms with Gasteiger partial charge in [-0.3, -0.25) is 0 Å². The summed E-state index contributed by atoms with van der Waals surface area (Å²) in [7, 11) is 0. The third kappa shape index (κ3) is 6.37. The van der Waals surface area contributed by atoms with Gasteiger partial charge in [-0.1, -0.05) is 133 Å². The number of hydrogen-bond donors (Lipinski definition) is 0. The van der Waals surface area contributed by atoms with E-state index in [2.05, 4.69) is 133 Å². The van der Waals surface area contributed by atoms with Gasteiger partial charge in [0.25, 0.3) is 0 Å². The van der Waals surface area contributed by atoms with Crippen LogP contribution in [0, 0.1) is 0 Å². The fourth-order valence-corrected chi connectivity index (χ4v) is 7.24. The van der Waals surface area contributed by atoms with Crippen molar-refractivity contribution >= 4 is 33.7 Å². The molecule has 8 bridgehead atoms. The molecule has 5 nitrogen and oxygen atoms in total. The van der Waals surface area contributed by atoms with E-state index in [-0.39, 0.29) is 16.5 Å². The molecule has 0 radical (unpaired) electrons. The zero-order chi connectivity index (χ0) is 34.9. The van der Waals surface area contributed by atoms with Gasteiger partial charge in [0.15, 0.2) is 0 Å². The second-order valence-corrected chi connectivity index (χ2v) is 12.7. The Labute approximate surface area is 318 Å². The number of benzene rings is 4. The molecule has 0 aliphatic carbocycles. The van der Waals surface area contributed by atoms with Gasteiger partial charge in [0, 0.05) is 17.8 Å². The molecule has 53 heavy (non-hydrogen) atoms. The number of nitrogens with zero attached hydrogens (tertiary/aromatic N) is 4. The zero-order valence-corrected chi connectivity index (χ0v) is 30.0. The van der Waals surface area contributed by atoms with E-state index in [9.17, 15) is 0 Å². The Kier molecular flexibility index (Phi) is 9.56. The van der Waals surface area contributed by atoms with Crippen LogP contribution in [0.1, 0.15) is 46.0 Å². The van der Waals surface area contributed by atoms with E-state index in [1.807, 2.05) is 37.4 Å². The average Bonchev–Trinajstić information content (AvgIpc) is 4.03. The van der Waals surface area contributed by atoms with Crippen molar-refractivity contribution in [3.8, 4) is 0 Å². The van der Waals surface area contributed by atoms with Crippen molar-refractivity contribution in [1.29, 1.82) is 0 Å². The summed E-state index contributed by atoms with van der Waals surface area (Å²) >= 11 is 0. The summed E-state index contributed by atoms with van der Waals surface area (Å²) < 4.78 is 6.23. The molecule has 6 heteroatoms. The van der Waals surface area contributed by atoms with Crippen molar-refractivity contribution in [2.75, 3.05) is 6.61 Å². The van der Waals surface area contributed by atoms with Crippen LogP contribution in [0.3, 0.4) is 0 Å². The summed E-state index contributed by atoms with van der Waals surface area (Å²) in [6.45, 7) is 2.98. The van der Waals surface area contributed by atoms with Gasteiger partial charge in [0.2, 0.25) is 0 Å². The first-order valence-corrected chi connectivity index (χ1v) is 17.6. The van der Waals surface area contributed by atoms with E-state index in [1.54, 1.807) is 0 Å². The predicted octanol–water partition coefficient (Wildman–Crippen LogP) is 7.79. The molecule has 0 unspecified atom stereocenters. The molecule has 0 saturated heterocycles. The number of ether oxygens (including phenoxy) is 1. The van der Waals surface area contributed by atoms with Crippen molar-refractivity contribution < 1.29 is 21.2 Å². The van der Waals surface area contributed by atoms with Crippen LogP contribution in [0.25, 0.3) is 22.3 Å². The molecule has 0 amide bonds. The van der Waals surface area contributed by atoms with Crippen molar-refractivity contribution in [3.05, 3.63) is 225 Å². The normalized spacial score (nSPS) is 14.8. The molecule has 0 saturated carbocycles. The van der Waals surface area contributed by atoms with Crippen LogP contribution >= 0.6 is 0 Å². The standard InChI is InChI=1S/C47H34N4O.Ni/c1-2-52-30-36-35-29-48-47(36)46(34-21-13-6-14-22-34)42-28-27-41(51-42)45(33-19-11-5-12-20-33)40-26-25-39(50-40)44(32-17-9-4-10-18-32)38-24-23-37(49-38)43(35)31-15-7-3-8-16-31;/h3-29H,2,30H2,1H3;/q-2;+2. The van der Waals surface area contributed by atoms with Gasteiger partial charge in [0.1, 0.15) is 0 Å². The first-order valence-electron chi connectivity index (χ1n) is 17.6. The Bertz CT molecular complexity index is 2620. The quantitative estimate of drug-likeness (QED) is 0.158. The summed E-state index contributed by atoms with van der Waals surface area (Å²) in [6.07, 6.45) is 10.4. The van der Waals surface area contributed by atoms with Crippen molar-refractivity contribution in [1.82, 2.24) is 9.97 Å². The van der Waals surface area contributed by atoms with E-state index in [4.69, 9.17) is 24.7 Å². The van der Waals surface area contributed by atoms with E-state index in [0.29, 0.717) is 13.2 Å². The fourth-order valence-electron chi connectivity index (χ4n) is 7.24. The second-order valence-electron chi connectivity index (χ2n) is 12.7. The minimum atomic E-state index is 0. The van der Waals surface area contributed by atoms with Crippen LogP contribution in [0.15, 0.2) is 185 Å². The summed E-state index contributed by atoms with van der Waals surface area (Å²) in [5.74, 6) is 0. The Hall–Kier alpha value is -6.07. The van der Waals surface area contributed by atoms with Gasteiger partial charge in [-0.05, 0) is 75.8 Å². The number of fused-ring (bicyclic) bond motifs is 6. The Morgan fingerprint density at radius 3 is 1.51 bits per heavy atom. The molecule has 258 valence electrons. The van der Waals surface area contributed by atoms with Crippen molar-refractivity contribution in [2.45, 2.75) is 13.5 Å². The molecule has 0 fully saturated rings. The third-order valence-corrected chi connectivity index (χ3v) is 9.60. The molecule has 9 rings (SSSR count). The van der Waals surface area contributed by atoms with Crippen LogP contribution in [-0.2, 0) is 27.8 Å². The van der Waals surface area contributed by atoms with E-state index < -0.39 is 0 Å². The number of hydrogen-bond acceptors (Lipinski definition) is 3. The van der Waals surface area contributed by atoms with E-state index >= 15 is 0 Å². The van der Waals surface area contributed by atoms with Crippen LogP contribution < -0.4 is 20.7 Å². The maximum absolute atomic E-state index is 6.23. The molecular formula is C47H34N4NiO. The minimum absolute atomic E-state index is 0. The molecule has 6 aromatic rings. The molecule has 2 aromatic heterocycles. The molecule has 0 spiro atoms. The first kappa shape index (κ1) is 34.0. The Morgan fingerprint density at radius 2 is 0.962 bits per heavy atom. The van der Waals surface area contributed by atoms with Crippen LogP contribution in [0.4, 0.5) is 0 Å². The summed E-state index contributed by atoms with van der Waals surface area (Å²) in [6, 6.07) is 45.9. The molecule has 5 heterocycles. The van der Waals surface area contributed by atoms with Gasteiger partial charge >= 0.3 is 16.5 Å². The maximum Gasteiger partial charge on any atom is 2.00 e. The Balaban J connectivity index is 0.00000400. The smallest absolute Gasteiger partial charge is 0.663 e. The summed E-state index contributed by atoms with van der Waals surface area (Å²) in [5.41, 5.74) is 14.3. The summed E-state index contributed by atoms with van der Waals surface area (Å²) in [5, 5.41) is 1.68. The molecule has 3 aliphatic heterocycles. The molecule has 3 aliphatic rings. The zero-order valence-electron chi connectivity index (χ0n) is 29.0. The van der Waals surface area contributed by atoms with Crippen LogP contribution in [-0.4, -0.2) is 18.0 Å². The summed E-state index contributed by atoms with van der Waals surface area (Å²) in [4.78, 5) is 21.3. The van der Waals surface area contributed by atoms with E-state index in [0.717, 1.165) is 94.9 Å². The van der Waals surface area contributed by atoms with Crippen LogP contribution in [0.2, 0.25) is 0 Å². The van der Waals surface area contributed by atoms with Gasteiger partial charge in [-0.2, -0.15) is 6.20 Å². The van der Waals surface area contributed by atoms with Crippen LogP contribution in [0.5, 0.6) is 0 Å². The second kappa shape index (κ2) is 14.9. The monoisotopic (exact) mass is 728 g/mol. The molecule has 4 aromatic carbocycles. The average molecular weight is 730 g/mol. The maximum atomic E-state index is 6.23. The molecular weight excluding hydrogens is 695 g/mol. The SMILES string of the molecule is CCOCc1c2c[n-]c1C(c1ccccc1)=c1ccc([n-]1)=C(c1ccccc1)C1=NC(=C(c3ccccc3)C3=NC(=C2c2ccccc2)C=C3)C=C1.[Ni+2]. The van der Waals surface area contributed by atoms with Gasteiger partial charge in [0.05, 0.1) is 29.4 Å². The predicted molar refractivity (Wildman–Crippen MR) is 210 cm³/mol. The number of aromatic nitrogens is 2. The topological polar surface area (TPSA) is 62.2 Å². The molecule has 0 atom stereocenters. The number of allylic oxidation sites excluding steroid dienone is 5. The first-order chi connectivity index (χ1) is 25.8. The largest absolute Gasteiger partial charge is 2.00 e. The van der Waals surface area contributed by atoms with Gasteiger partial charge < -0.3 is 14.7 Å². The minimum Gasteiger partial charge on any atom is -0.663 e. The van der Waals surface area contributed by atoms with Crippen molar-refractivity contribution in [3.63, 3.8) is 0 Å². The number of aliphatic imine (C=N–C) groups is 2. The van der Waals surface area contributed by atoms with Crippen molar-refractivity contribution in [2.24, 2.45) is 9.98 Å². The van der Waals surface area contributed by atoms with Gasteiger partial charge in [-0.25, -0.2) is 9.98 Å².